The summed E-state index contributed by atoms with van der Waals surface area (Å²) in [5.74, 6) is -0.0645. The van der Waals surface area contributed by atoms with Crippen LogP contribution in [0.3, 0.4) is 0 Å². The molecule has 2 heterocycles. The largest absolute Gasteiger partial charge is 0.469 e. The van der Waals surface area contributed by atoms with Crippen LogP contribution in [0.1, 0.15) is 39.3 Å². The molecular formula is C18H21Cl2N3O3. The number of halogens is 2. The molecular weight excluding hydrogens is 377 g/mol. The molecule has 0 aliphatic carbocycles. The zero-order valence-corrected chi connectivity index (χ0v) is 15.9. The number of benzene rings is 1. The Morgan fingerprint density at radius 3 is 2.69 bits per heavy atom. The van der Waals surface area contributed by atoms with Crippen LogP contribution in [0.5, 0.6) is 0 Å². The predicted molar refractivity (Wildman–Crippen MR) is 103 cm³/mol. The van der Waals surface area contributed by atoms with Gasteiger partial charge in [-0.2, -0.15) is 0 Å². The first-order chi connectivity index (χ1) is 12.0. The van der Waals surface area contributed by atoms with Crippen LogP contribution in [0.4, 0.5) is 5.69 Å². The van der Waals surface area contributed by atoms with E-state index >= 15 is 0 Å². The first-order valence-corrected chi connectivity index (χ1v) is 8.59. The van der Waals surface area contributed by atoms with Gasteiger partial charge in [0.1, 0.15) is 5.76 Å². The number of amides is 2. The molecule has 1 aliphatic rings. The molecule has 1 aromatic heterocycles. The number of hydrogen-bond donors (Lipinski definition) is 3. The van der Waals surface area contributed by atoms with E-state index < -0.39 is 0 Å². The summed E-state index contributed by atoms with van der Waals surface area (Å²) in [4.78, 5) is 25.0. The molecule has 0 saturated carbocycles. The lowest BCUT2D eigenvalue weighted by Crippen LogP contribution is -2.45. The quantitative estimate of drug-likeness (QED) is 0.737. The summed E-state index contributed by atoms with van der Waals surface area (Å²) >= 11 is 6.04. The van der Waals surface area contributed by atoms with E-state index in [0.29, 0.717) is 27.6 Å². The third kappa shape index (κ3) is 4.78. The average Bonchev–Trinajstić information content (AvgIpc) is 3.02. The highest BCUT2D eigenvalue weighted by atomic mass is 35.5. The van der Waals surface area contributed by atoms with Crippen molar-refractivity contribution in [2.75, 3.05) is 18.4 Å². The van der Waals surface area contributed by atoms with Crippen LogP contribution in [0.2, 0.25) is 5.02 Å². The van der Waals surface area contributed by atoms with Crippen LogP contribution in [0.25, 0.3) is 0 Å². The van der Waals surface area contributed by atoms with Crippen LogP contribution in [0.15, 0.2) is 34.9 Å². The number of nitrogens with one attached hydrogen (secondary N) is 3. The molecule has 2 aromatic rings. The van der Waals surface area contributed by atoms with E-state index in [1.807, 2.05) is 0 Å². The Morgan fingerprint density at radius 2 is 2.04 bits per heavy atom. The second-order valence-corrected chi connectivity index (χ2v) is 6.49. The van der Waals surface area contributed by atoms with Gasteiger partial charge >= 0.3 is 0 Å². The van der Waals surface area contributed by atoms with E-state index in [0.717, 1.165) is 25.9 Å². The number of carbonyl (C=O) groups excluding carboxylic acids is 2. The number of anilines is 1. The number of hydrogen-bond acceptors (Lipinski definition) is 4. The molecule has 0 unspecified atom stereocenters. The SMILES string of the molecule is Cc1occc1C(=O)Nc1cc(Cl)ccc1C(=O)N[C@H]1CCCNC1.Cl. The second-order valence-electron chi connectivity index (χ2n) is 6.05. The average molecular weight is 398 g/mol. The van der Waals surface area contributed by atoms with Gasteiger partial charge in [0.15, 0.2) is 0 Å². The maximum Gasteiger partial charge on any atom is 0.259 e. The standard InChI is InChI=1S/C18H20ClN3O3.ClH/c1-11-14(6-8-25-11)17(23)22-16-9-12(19)4-5-15(16)18(24)21-13-3-2-7-20-10-13;/h4-6,8-9,13,20H,2-3,7,10H2,1H3,(H,21,24)(H,22,23);1H/t13-;/m0./s1. The fraction of sp³-hybridized carbons (Fsp3) is 0.333. The fourth-order valence-corrected chi connectivity index (χ4v) is 3.04. The molecule has 1 aromatic carbocycles. The zero-order valence-electron chi connectivity index (χ0n) is 14.3. The smallest absolute Gasteiger partial charge is 0.259 e. The highest BCUT2D eigenvalue weighted by Gasteiger charge is 2.20. The number of rotatable bonds is 4. The molecule has 3 N–H and O–H groups in total. The Hall–Kier alpha value is -2.02. The predicted octanol–water partition coefficient (Wildman–Crippen LogP) is 3.40. The number of carbonyl (C=O) groups is 2. The first kappa shape index (κ1) is 20.3. The molecule has 0 radical (unpaired) electrons. The van der Waals surface area contributed by atoms with Crippen molar-refractivity contribution in [1.82, 2.24) is 10.6 Å². The van der Waals surface area contributed by atoms with Crippen LogP contribution < -0.4 is 16.0 Å². The Kier molecular flexibility index (Phi) is 7.08. The number of furan rings is 1. The van der Waals surface area contributed by atoms with Crippen molar-refractivity contribution in [1.29, 1.82) is 0 Å². The Morgan fingerprint density at radius 1 is 1.23 bits per heavy atom. The third-order valence-corrected chi connectivity index (χ3v) is 4.45. The minimum Gasteiger partial charge on any atom is -0.469 e. The lowest BCUT2D eigenvalue weighted by Gasteiger charge is -2.24. The van der Waals surface area contributed by atoms with Crippen LogP contribution in [-0.4, -0.2) is 30.9 Å². The van der Waals surface area contributed by atoms with Gasteiger partial charge in [0.2, 0.25) is 0 Å². The number of piperidine rings is 1. The Bertz CT molecular complexity index is 786. The van der Waals surface area contributed by atoms with Crippen LogP contribution in [-0.2, 0) is 0 Å². The van der Waals surface area contributed by atoms with Gasteiger partial charge in [-0.05, 0) is 50.6 Å². The summed E-state index contributed by atoms with van der Waals surface area (Å²) in [6, 6.07) is 6.49. The van der Waals surface area contributed by atoms with Crippen LogP contribution in [0, 0.1) is 6.92 Å². The van der Waals surface area contributed by atoms with Crippen molar-refractivity contribution in [2.45, 2.75) is 25.8 Å². The topological polar surface area (TPSA) is 83.4 Å². The van der Waals surface area contributed by atoms with Gasteiger partial charge in [0, 0.05) is 17.6 Å². The van der Waals surface area contributed by atoms with Crippen molar-refractivity contribution in [2.24, 2.45) is 0 Å². The van der Waals surface area contributed by atoms with Gasteiger partial charge in [-0.15, -0.1) is 12.4 Å². The molecule has 2 amide bonds. The molecule has 26 heavy (non-hydrogen) atoms. The lowest BCUT2D eigenvalue weighted by atomic mass is 10.1. The highest BCUT2D eigenvalue weighted by Crippen LogP contribution is 2.23. The molecule has 0 spiro atoms. The summed E-state index contributed by atoms with van der Waals surface area (Å²) in [5.41, 5.74) is 1.17. The molecule has 6 nitrogen and oxygen atoms in total. The normalized spacial score (nSPS) is 16.5. The minimum atomic E-state index is -0.345. The molecule has 1 aliphatic heterocycles. The summed E-state index contributed by atoms with van der Waals surface area (Å²) in [6.45, 7) is 3.42. The summed E-state index contributed by atoms with van der Waals surface area (Å²) in [5, 5.41) is 9.45. The van der Waals surface area contributed by atoms with Crippen LogP contribution >= 0.6 is 24.0 Å². The molecule has 1 fully saturated rings. The summed E-state index contributed by atoms with van der Waals surface area (Å²) in [7, 11) is 0. The van der Waals surface area contributed by atoms with E-state index in [4.69, 9.17) is 16.0 Å². The van der Waals surface area contributed by atoms with E-state index in [1.165, 1.54) is 6.26 Å². The maximum atomic E-state index is 12.6. The van der Waals surface area contributed by atoms with Gasteiger partial charge in [-0.25, -0.2) is 0 Å². The Balaban J connectivity index is 0.00000243. The molecule has 3 rings (SSSR count). The zero-order chi connectivity index (χ0) is 17.8. The van der Waals surface area contributed by atoms with Gasteiger partial charge in [-0.1, -0.05) is 11.6 Å². The van der Waals surface area contributed by atoms with E-state index in [1.54, 1.807) is 31.2 Å². The van der Waals surface area contributed by atoms with Crippen molar-refractivity contribution >= 4 is 41.5 Å². The summed E-state index contributed by atoms with van der Waals surface area (Å²) < 4.78 is 5.15. The van der Waals surface area contributed by atoms with Crippen molar-refractivity contribution < 1.29 is 14.0 Å². The fourth-order valence-electron chi connectivity index (χ4n) is 2.87. The van der Waals surface area contributed by atoms with E-state index in [-0.39, 0.29) is 30.3 Å². The monoisotopic (exact) mass is 397 g/mol. The lowest BCUT2D eigenvalue weighted by molar-refractivity contribution is 0.0931. The maximum absolute atomic E-state index is 12.6. The molecule has 1 saturated heterocycles. The van der Waals surface area contributed by atoms with Crippen molar-refractivity contribution in [3.63, 3.8) is 0 Å². The van der Waals surface area contributed by atoms with Gasteiger partial charge < -0.3 is 20.4 Å². The molecule has 0 bridgehead atoms. The summed E-state index contributed by atoms with van der Waals surface area (Å²) in [6.07, 6.45) is 3.41. The Labute approximate surface area is 163 Å². The van der Waals surface area contributed by atoms with Crippen molar-refractivity contribution in [3.8, 4) is 0 Å². The van der Waals surface area contributed by atoms with Crippen molar-refractivity contribution in [3.05, 3.63) is 52.4 Å². The minimum absolute atomic E-state index is 0. The first-order valence-electron chi connectivity index (χ1n) is 8.21. The third-order valence-electron chi connectivity index (χ3n) is 4.21. The molecule has 140 valence electrons. The molecule has 8 heteroatoms. The second kappa shape index (κ2) is 9.07. The number of aryl methyl sites for hydroxylation is 1. The van der Waals surface area contributed by atoms with E-state index in [2.05, 4.69) is 16.0 Å². The van der Waals surface area contributed by atoms with E-state index in [9.17, 15) is 9.59 Å². The van der Waals surface area contributed by atoms with Gasteiger partial charge in [0.25, 0.3) is 11.8 Å². The highest BCUT2D eigenvalue weighted by molar-refractivity contribution is 6.31. The molecule has 1 atom stereocenters. The van der Waals surface area contributed by atoms with Gasteiger partial charge in [-0.3, -0.25) is 9.59 Å². The van der Waals surface area contributed by atoms with Gasteiger partial charge in [0.05, 0.1) is 23.1 Å².